The lowest BCUT2D eigenvalue weighted by Gasteiger charge is -2.08. The minimum atomic E-state index is -0.615. The molecule has 1 heterocycles. The fourth-order valence-corrected chi connectivity index (χ4v) is 2.96. The fraction of sp³-hybridized carbons (Fsp3) is 0.263. The van der Waals surface area contributed by atoms with Gasteiger partial charge in [0.1, 0.15) is 12.4 Å². The van der Waals surface area contributed by atoms with E-state index in [9.17, 15) is 19.7 Å². The predicted octanol–water partition coefficient (Wildman–Crippen LogP) is 3.13. The van der Waals surface area contributed by atoms with Crippen molar-refractivity contribution < 1.29 is 18.9 Å². The van der Waals surface area contributed by atoms with Gasteiger partial charge in [-0.2, -0.15) is 0 Å². The summed E-state index contributed by atoms with van der Waals surface area (Å²) in [5.41, 5.74) is 0.445. The van der Waals surface area contributed by atoms with Crippen LogP contribution in [0.5, 0.6) is 5.75 Å². The first-order valence-corrected chi connectivity index (χ1v) is 9.24. The molecule has 1 amide bonds. The summed E-state index contributed by atoms with van der Waals surface area (Å²) in [6.07, 6.45) is 0.621. The van der Waals surface area contributed by atoms with Crippen LogP contribution in [0.3, 0.4) is 0 Å². The van der Waals surface area contributed by atoms with Gasteiger partial charge >= 0.3 is 5.76 Å². The highest BCUT2D eigenvalue weighted by Gasteiger charge is 2.14. The van der Waals surface area contributed by atoms with E-state index in [2.05, 4.69) is 5.32 Å². The van der Waals surface area contributed by atoms with Crippen LogP contribution in [0.25, 0.3) is 11.1 Å². The van der Waals surface area contributed by atoms with E-state index in [4.69, 9.17) is 20.8 Å². The summed E-state index contributed by atoms with van der Waals surface area (Å²) in [6.45, 7) is 0.899. The third kappa shape index (κ3) is 5.35. The van der Waals surface area contributed by atoms with Crippen molar-refractivity contribution >= 4 is 34.3 Å². The van der Waals surface area contributed by atoms with E-state index in [1.807, 2.05) is 0 Å². The number of fused-ring (bicyclic) bond motifs is 1. The molecule has 29 heavy (non-hydrogen) atoms. The molecule has 0 aliphatic heterocycles. The first kappa shape index (κ1) is 20.4. The molecule has 0 aliphatic carbocycles. The van der Waals surface area contributed by atoms with Gasteiger partial charge < -0.3 is 14.5 Å². The van der Waals surface area contributed by atoms with Crippen LogP contribution in [0.1, 0.15) is 12.8 Å². The van der Waals surface area contributed by atoms with Crippen molar-refractivity contribution in [2.45, 2.75) is 19.4 Å². The number of benzene rings is 2. The zero-order chi connectivity index (χ0) is 20.8. The fourth-order valence-electron chi connectivity index (χ4n) is 2.78. The number of ether oxygens (including phenoxy) is 1. The maximum absolute atomic E-state index is 12.0. The largest absolute Gasteiger partial charge is 0.492 e. The van der Waals surface area contributed by atoms with Crippen molar-refractivity contribution in [3.8, 4) is 5.75 Å². The molecule has 0 saturated carbocycles. The van der Waals surface area contributed by atoms with Crippen LogP contribution in [-0.4, -0.2) is 28.5 Å². The number of hydrogen-bond donors (Lipinski definition) is 1. The van der Waals surface area contributed by atoms with Gasteiger partial charge in [-0.1, -0.05) is 17.7 Å². The quantitative estimate of drug-likeness (QED) is 0.323. The first-order chi connectivity index (χ1) is 13.9. The molecule has 0 unspecified atom stereocenters. The van der Waals surface area contributed by atoms with E-state index in [1.54, 1.807) is 24.3 Å². The Morgan fingerprint density at radius 2 is 2.10 bits per heavy atom. The van der Waals surface area contributed by atoms with E-state index in [0.29, 0.717) is 35.9 Å². The van der Waals surface area contributed by atoms with Crippen LogP contribution in [0, 0.1) is 10.1 Å². The number of aryl methyl sites for hydroxylation is 1. The molecule has 0 saturated heterocycles. The van der Waals surface area contributed by atoms with Crippen molar-refractivity contribution in [2.75, 3.05) is 13.2 Å². The third-order valence-corrected chi connectivity index (χ3v) is 4.37. The second-order valence-corrected chi connectivity index (χ2v) is 6.62. The van der Waals surface area contributed by atoms with Gasteiger partial charge in [0.25, 0.3) is 5.69 Å². The number of non-ortho nitro benzene ring substituents is 1. The second kappa shape index (κ2) is 9.24. The molecular formula is C19H18ClN3O6. The zero-order valence-electron chi connectivity index (χ0n) is 15.3. The Hall–Kier alpha value is -3.33. The molecule has 0 aliphatic rings. The van der Waals surface area contributed by atoms with Crippen molar-refractivity contribution in [2.24, 2.45) is 0 Å². The number of nitrogens with zero attached hydrogens (tertiary/aromatic N) is 2. The Morgan fingerprint density at radius 1 is 1.28 bits per heavy atom. The highest BCUT2D eigenvalue weighted by molar-refractivity contribution is 6.30. The highest BCUT2D eigenvalue weighted by atomic mass is 35.5. The van der Waals surface area contributed by atoms with Gasteiger partial charge in [0.05, 0.1) is 23.1 Å². The molecule has 3 rings (SSSR count). The lowest BCUT2D eigenvalue weighted by Crippen LogP contribution is -2.28. The number of carbonyl (C=O) groups excluding carboxylic acids is 1. The number of nitrogens with one attached hydrogen (secondary N) is 1. The van der Waals surface area contributed by atoms with E-state index < -0.39 is 10.7 Å². The monoisotopic (exact) mass is 419 g/mol. The average molecular weight is 420 g/mol. The van der Waals surface area contributed by atoms with Gasteiger partial charge in [-0.05, 0) is 30.7 Å². The maximum atomic E-state index is 12.0. The number of halogens is 1. The summed E-state index contributed by atoms with van der Waals surface area (Å²) in [4.78, 5) is 34.1. The smallest absolute Gasteiger partial charge is 0.419 e. The van der Waals surface area contributed by atoms with E-state index in [1.165, 1.54) is 22.8 Å². The summed E-state index contributed by atoms with van der Waals surface area (Å²) in [5, 5.41) is 14.1. The normalized spacial score (nSPS) is 10.8. The van der Waals surface area contributed by atoms with Crippen LogP contribution in [0.4, 0.5) is 5.69 Å². The number of rotatable bonds is 9. The van der Waals surface area contributed by atoms with Crippen molar-refractivity contribution in [1.82, 2.24) is 9.88 Å². The summed E-state index contributed by atoms with van der Waals surface area (Å²) in [7, 11) is 0. The summed E-state index contributed by atoms with van der Waals surface area (Å²) in [6, 6.07) is 11.0. The molecule has 0 spiro atoms. The van der Waals surface area contributed by atoms with Gasteiger partial charge in [0.15, 0.2) is 5.58 Å². The molecule has 10 heteroatoms. The lowest BCUT2D eigenvalue weighted by molar-refractivity contribution is -0.384. The molecule has 2 aromatic carbocycles. The number of oxazole rings is 1. The molecule has 1 aromatic heterocycles. The molecule has 0 fully saturated rings. The Bertz CT molecular complexity index is 1090. The van der Waals surface area contributed by atoms with Crippen molar-refractivity contribution in [3.63, 3.8) is 0 Å². The van der Waals surface area contributed by atoms with Crippen LogP contribution in [0.2, 0.25) is 5.02 Å². The molecular weight excluding hydrogens is 402 g/mol. The van der Waals surface area contributed by atoms with Crippen LogP contribution >= 0.6 is 11.6 Å². The Labute approximate surface area is 170 Å². The lowest BCUT2D eigenvalue weighted by atomic mass is 10.2. The predicted molar refractivity (Wildman–Crippen MR) is 106 cm³/mol. The van der Waals surface area contributed by atoms with E-state index >= 15 is 0 Å². The second-order valence-electron chi connectivity index (χ2n) is 6.19. The maximum Gasteiger partial charge on any atom is 0.419 e. The summed E-state index contributed by atoms with van der Waals surface area (Å²) < 4.78 is 11.9. The standard InChI is InChI=1S/C19H18ClN3O6/c20-13-3-1-4-15(11-13)28-10-8-21-18(24)5-2-9-22-16-7-6-14(23(26)27)12-17(16)29-19(22)25/h1,3-4,6-7,11-12H,2,5,8-10H2,(H,21,24). The molecule has 152 valence electrons. The number of aromatic nitrogens is 1. The minimum absolute atomic E-state index is 0.145. The van der Waals surface area contributed by atoms with Gasteiger partial charge in [-0.3, -0.25) is 19.5 Å². The third-order valence-electron chi connectivity index (χ3n) is 4.14. The zero-order valence-corrected chi connectivity index (χ0v) is 16.1. The Morgan fingerprint density at radius 3 is 2.86 bits per heavy atom. The van der Waals surface area contributed by atoms with Gasteiger partial charge in [-0.25, -0.2) is 4.79 Å². The molecule has 0 atom stereocenters. The summed E-state index contributed by atoms with van der Waals surface area (Å²) >= 11 is 5.87. The molecule has 9 nitrogen and oxygen atoms in total. The average Bonchev–Trinajstić information content (AvgIpc) is 3.00. The van der Waals surface area contributed by atoms with Gasteiger partial charge in [0.2, 0.25) is 5.91 Å². The van der Waals surface area contributed by atoms with Crippen LogP contribution in [0.15, 0.2) is 51.7 Å². The first-order valence-electron chi connectivity index (χ1n) is 8.87. The number of nitro benzene ring substituents is 1. The van der Waals surface area contributed by atoms with E-state index in [0.717, 1.165) is 0 Å². The molecule has 3 aromatic rings. The molecule has 0 radical (unpaired) electrons. The van der Waals surface area contributed by atoms with Crippen LogP contribution < -0.4 is 15.8 Å². The van der Waals surface area contributed by atoms with Crippen molar-refractivity contribution in [1.29, 1.82) is 0 Å². The topological polar surface area (TPSA) is 117 Å². The molecule has 0 bridgehead atoms. The van der Waals surface area contributed by atoms with Gasteiger partial charge in [-0.15, -0.1) is 0 Å². The highest BCUT2D eigenvalue weighted by Crippen LogP contribution is 2.20. The SMILES string of the molecule is O=C(CCCn1c(=O)oc2cc([N+](=O)[O-])ccc21)NCCOc1cccc(Cl)c1. The number of nitro groups is 1. The minimum Gasteiger partial charge on any atom is -0.492 e. The van der Waals surface area contributed by atoms with Gasteiger partial charge in [0, 0.05) is 24.1 Å². The van der Waals surface area contributed by atoms with Crippen molar-refractivity contribution in [3.05, 3.63) is 68.2 Å². The van der Waals surface area contributed by atoms with Crippen LogP contribution in [-0.2, 0) is 11.3 Å². The number of hydrogen-bond acceptors (Lipinski definition) is 6. The Balaban J connectivity index is 1.45. The number of carbonyl (C=O) groups is 1. The summed E-state index contributed by atoms with van der Waals surface area (Å²) in [5.74, 6) is -0.162. The Kier molecular flexibility index (Phi) is 6.50. The van der Waals surface area contributed by atoms with E-state index in [-0.39, 0.29) is 30.1 Å². The number of amides is 1. The molecule has 1 N–H and O–H groups in total.